The van der Waals surface area contributed by atoms with E-state index in [0.29, 0.717) is 5.56 Å². The summed E-state index contributed by atoms with van der Waals surface area (Å²) >= 11 is 0. The predicted octanol–water partition coefficient (Wildman–Crippen LogP) is 1.21. The minimum atomic E-state index is -0.557. The van der Waals surface area contributed by atoms with Gasteiger partial charge in [-0.1, -0.05) is 0 Å². The van der Waals surface area contributed by atoms with E-state index in [0.717, 1.165) is 18.6 Å². The summed E-state index contributed by atoms with van der Waals surface area (Å²) in [6.45, 7) is 9.53. The van der Waals surface area contributed by atoms with E-state index in [2.05, 4.69) is 10.3 Å². The molecule has 2 aliphatic rings. The largest absolute Gasteiger partial charge is 0.496 e. The Kier molecular flexibility index (Phi) is 3.16. The van der Waals surface area contributed by atoms with Crippen LogP contribution in [0.25, 0.3) is 0 Å². The Hall–Kier alpha value is -0.975. The molecule has 0 saturated carbocycles. The number of pyridine rings is 1. The van der Waals surface area contributed by atoms with Gasteiger partial charge in [0.25, 0.3) is 0 Å². The Balaban J connectivity index is 1.97. The monoisotopic (exact) mass is 278 g/mol. The fraction of sp³-hybridized carbons (Fsp3) is 0.643. The molecule has 3 rings (SSSR count). The van der Waals surface area contributed by atoms with Crippen LogP contribution in [0.1, 0.15) is 39.2 Å². The number of hydrogen-bond donors (Lipinski definition) is 1. The van der Waals surface area contributed by atoms with Crippen LogP contribution >= 0.6 is 0 Å². The van der Waals surface area contributed by atoms with Crippen molar-refractivity contribution in [1.82, 2.24) is 10.3 Å². The highest BCUT2D eigenvalue weighted by Crippen LogP contribution is 2.37. The summed E-state index contributed by atoms with van der Waals surface area (Å²) in [6.07, 6.45) is 2.93. The zero-order valence-electron chi connectivity index (χ0n) is 12.4. The van der Waals surface area contributed by atoms with Crippen molar-refractivity contribution in [3.05, 3.63) is 23.8 Å². The lowest BCUT2D eigenvalue weighted by atomic mass is 9.73. The second-order valence-corrected chi connectivity index (χ2v) is 6.57. The molecule has 20 heavy (non-hydrogen) atoms. The van der Waals surface area contributed by atoms with Gasteiger partial charge in [0.05, 0.1) is 17.4 Å². The van der Waals surface area contributed by atoms with Crippen molar-refractivity contribution < 1.29 is 13.7 Å². The lowest BCUT2D eigenvalue weighted by Crippen LogP contribution is -2.46. The van der Waals surface area contributed by atoms with Gasteiger partial charge in [-0.25, -0.2) is 4.39 Å². The van der Waals surface area contributed by atoms with E-state index in [1.165, 1.54) is 6.20 Å². The van der Waals surface area contributed by atoms with Crippen LogP contribution in [0.2, 0.25) is 0 Å². The van der Waals surface area contributed by atoms with Gasteiger partial charge in [0.15, 0.2) is 0 Å². The van der Waals surface area contributed by atoms with Gasteiger partial charge in [-0.15, -0.1) is 0 Å². The van der Waals surface area contributed by atoms with E-state index in [4.69, 9.17) is 9.31 Å². The zero-order chi connectivity index (χ0) is 14.5. The normalized spacial score (nSPS) is 24.8. The number of halogens is 1. The first kappa shape index (κ1) is 14.0. The first-order valence-corrected chi connectivity index (χ1v) is 7.01. The molecule has 0 unspecified atom stereocenters. The third-order valence-corrected chi connectivity index (χ3v) is 4.67. The van der Waals surface area contributed by atoms with Crippen LogP contribution in [-0.2, 0) is 9.31 Å². The van der Waals surface area contributed by atoms with Crippen molar-refractivity contribution in [2.24, 2.45) is 0 Å². The maximum absolute atomic E-state index is 14.2. The lowest BCUT2D eigenvalue weighted by Gasteiger charge is -2.32. The van der Waals surface area contributed by atoms with E-state index in [1.54, 1.807) is 6.20 Å². The summed E-state index contributed by atoms with van der Waals surface area (Å²) in [5, 5.41) is 3.17. The molecule has 1 aromatic rings. The predicted molar refractivity (Wildman–Crippen MR) is 75.5 cm³/mol. The quantitative estimate of drug-likeness (QED) is 0.826. The Morgan fingerprint density at radius 3 is 2.30 bits per heavy atom. The van der Waals surface area contributed by atoms with E-state index in [-0.39, 0.29) is 11.7 Å². The Morgan fingerprint density at radius 2 is 1.80 bits per heavy atom. The third kappa shape index (κ3) is 2.06. The van der Waals surface area contributed by atoms with Crippen LogP contribution in [0.5, 0.6) is 0 Å². The van der Waals surface area contributed by atoms with Crippen molar-refractivity contribution >= 4 is 12.6 Å². The van der Waals surface area contributed by atoms with Gasteiger partial charge >= 0.3 is 7.12 Å². The Morgan fingerprint density at radius 1 is 1.20 bits per heavy atom. The molecule has 0 bridgehead atoms. The summed E-state index contributed by atoms with van der Waals surface area (Å²) in [5.41, 5.74) is 0.533. The van der Waals surface area contributed by atoms with Crippen LogP contribution in [-0.4, -0.2) is 36.4 Å². The minimum Gasteiger partial charge on any atom is -0.399 e. The van der Waals surface area contributed by atoms with Gasteiger partial charge in [-0.2, -0.15) is 0 Å². The molecule has 108 valence electrons. The van der Waals surface area contributed by atoms with E-state index >= 15 is 0 Å². The Labute approximate surface area is 119 Å². The smallest absolute Gasteiger partial charge is 0.399 e. The number of nitrogens with one attached hydrogen (secondary N) is 1. The summed E-state index contributed by atoms with van der Waals surface area (Å²) in [7, 11) is -0.557. The second-order valence-electron chi connectivity index (χ2n) is 6.57. The minimum absolute atomic E-state index is 0.173. The number of nitrogens with zero attached hydrogens (tertiary/aromatic N) is 1. The summed E-state index contributed by atoms with van der Waals surface area (Å²) in [4.78, 5) is 3.97. The molecule has 0 spiro atoms. The molecule has 2 fully saturated rings. The molecular weight excluding hydrogens is 258 g/mol. The molecule has 0 aliphatic carbocycles. The number of hydrogen-bond acceptors (Lipinski definition) is 4. The molecule has 3 heterocycles. The lowest BCUT2D eigenvalue weighted by molar-refractivity contribution is 0.00578. The molecule has 1 N–H and O–H groups in total. The van der Waals surface area contributed by atoms with Crippen LogP contribution in [0.15, 0.2) is 12.4 Å². The fourth-order valence-corrected chi connectivity index (χ4v) is 2.54. The topological polar surface area (TPSA) is 43.4 Å². The molecule has 0 atom stereocenters. The maximum atomic E-state index is 14.2. The molecular formula is C14H20BFN2O2. The molecule has 1 aromatic heterocycles. The van der Waals surface area contributed by atoms with Crippen LogP contribution in [0.3, 0.4) is 0 Å². The molecule has 4 nitrogen and oxygen atoms in total. The molecule has 2 saturated heterocycles. The maximum Gasteiger partial charge on any atom is 0.496 e. The van der Waals surface area contributed by atoms with Crippen molar-refractivity contribution in [1.29, 1.82) is 0 Å². The standard InChI is InChI=1S/C14H20BFN2O2/c1-13(2)14(3,4)20-15(19-13)10-7-18-8-11(16)12(10)9-5-17-6-9/h7-9,17H,5-6H2,1-4H3. The molecule has 0 amide bonds. The van der Waals surface area contributed by atoms with Crippen molar-refractivity contribution in [2.45, 2.75) is 44.8 Å². The first-order chi connectivity index (χ1) is 9.32. The van der Waals surface area contributed by atoms with E-state index in [1.807, 2.05) is 27.7 Å². The average molecular weight is 278 g/mol. The van der Waals surface area contributed by atoms with Crippen molar-refractivity contribution in [3.8, 4) is 0 Å². The molecule has 2 aliphatic heterocycles. The van der Waals surface area contributed by atoms with Gasteiger partial charge in [-0.05, 0) is 33.3 Å². The van der Waals surface area contributed by atoms with Gasteiger partial charge in [0.2, 0.25) is 0 Å². The highest BCUT2D eigenvalue weighted by molar-refractivity contribution is 6.62. The van der Waals surface area contributed by atoms with Gasteiger partial charge in [0, 0.05) is 30.7 Å². The van der Waals surface area contributed by atoms with Crippen LogP contribution in [0, 0.1) is 5.82 Å². The molecule has 0 aromatic carbocycles. The Bertz CT molecular complexity index is 516. The zero-order valence-corrected chi connectivity index (χ0v) is 12.4. The molecule has 0 radical (unpaired) electrons. The van der Waals surface area contributed by atoms with Crippen molar-refractivity contribution in [2.75, 3.05) is 13.1 Å². The highest BCUT2D eigenvalue weighted by atomic mass is 19.1. The van der Waals surface area contributed by atoms with Gasteiger partial charge in [-0.3, -0.25) is 4.98 Å². The second kappa shape index (κ2) is 4.51. The van der Waals surface area contributed by atoms with E-state index in [9.17, 15) is 4.39 Å². The summed E-state index contributed by atoms with van der Waals surface area (Å²) in [6, 6.07) is 0. The average Bonchev–Trinajstić information content (AvgIpc) is 2.48. The summed E-state index contributed by atoms with van der Waals surface area (Å²) in [5.74, 6) is -0.101. The van der Waals surface area contributed by atoms with Gasteiger partial charge in [0.1, 0.15) is 5.82 Å². The van der Waals surface area contributed by atoms with E-state index < -0.39 is 18.3 Å². The van der Waals surface area contributed by atoms with Crippen LogP contribution < -0.4 is 10.8 Å². The van der Waals surface area contributed by atoms with Crippen LogP contribution in [0.4, 0.5) is 4.39 Å². The SMILES string of the molecule is CC1(C)OB(c2cncc(F)c2C2CNC2)OC1(C)C. The first-order valence-electron chi connectivity index (χ1n) is 7.01. The highest BCUT2D eigenvalue weighted by Gasteiger charge is 2.53. The fourth-order valence-electron chi connectivity index (χ4n) is 2.54. The number of rotatable bonds is 2. The molecule has 6 heteroatoms. The van der Waals surface area contributed by atoms with Gasteiger partial charge < -0.3 is 14.6 Å². The number of aromatic nitrogens is 1. The summed E-state index contributed by atoms with van der Waals surface area (Å²) < 4.78 is 26.2. The third-order valence-electron chi connectivity index (χ3n) is 4.67. The van der Waals surface area contributed by atoms with Crippen molar-refractivity contribution in [3.63, 3.8) is 0 Å².